The number of phenolic OH excluding ortho intramolecular Hbond substituents is 1. The summed E-state index contributed by atoms with van der Waals surface area (Å²) in [6, 6.07) is 21.4. The lowest BCUT2D eigenvalue weighted by Crippen LogP contribution is -2.48. The van der Waals surface area contributed by atoms with Crippen molar-refractivity contribution in [1.29, 1.82) is 0 Å². The van der Waals surface area contributed by atoms with Gasteiger partial charge in [0.15, 0.2) is 0 Å². The molecule has 0 saturated carbocycles. The second-order valence-electron chi connectivity index (χ2n) is 6.89. The standard InChI is InChI=1S/C22H23N3O2/c26-21-9-7-20(8-10-21)25-13-11-24(12-14-25)16-22(27)23-19-6-5-17-3-1-2-4-18(17)15-19/h1-10,15,26H,11-14,16H2,(H,23,27). The fraction of sp³-hybridized carbons (Fsp3) is 0.227. The number of carbonyl (C=O) groups is 1. The molecule has 3 aromatic rings. The quantitative estimate of drug-likeness (QED) is 0.749. The van der Waals surface area contributed by atoms with Crippen LogP contribution in [0.15, 0.2) is 66.7 Å². The van der Waals surface area contributed by atoms with Gasteiger partial charge in [-0.25, -0.2) is 0 Å². The lowest BCUT2D eigenvalue weighted by atomic mass is 10.1. The van der Waals surface area contributed by atoms with E-state index in [9.17, 15) is 9.90 Å². The smallest absolute Gasteiger partial charge is 0.238 e. The number of piperazine rings is 1. The summed E-state index contributed by atoms with van der Waals surface area (Å²) in [6.45, 7) is 3.82. The highest BCUT2D eigenvalue weighted by atomic mass is 16.3. The summed E-state index contributed by atoms with van der Waals surface area (Å²) in [5.41, 5.74) is 1.94. The van der Waals surface area contributed by atoms with E-state index < -0.39 is 0 Å². The minimum atomic E-state index is 0.0170. The van der Waals surface area contributed by atoms with E-state index in [1.807, 2.05) is 48.5 Å². The Hall–Kier alpha value is -3.05. The Bertz CT molecular complexity index is 932. The van der Waals surface area contributed by atoms with Crippen LogP contribution in [0.2, 0.25) is 0 Å². The van der Waals surface area contributed by atoms with Gasteiger partial charge in [0.05, 0.1) is 6.54 Å². The molecule has 0 bridgehead atoms. The maximum Gasteiger partial charge on any atom is 0.238 e. The van der Waals surface area contributed by atoms with Crippen molar-refractivity contribution in [3.63, 3.8) is 0 Å². The molecule has 5 nitrogen and oxygen atoms in total. The van der Waals surface area contributed by atoms with Crippen molar-refractivity contribution >= 4 is 28.1 Å². The third-order valence-corrected chi connectivity index (χ3v) is 4.99. The number of hydrogen-bond donors (Lipinski definition) is 2. The van der Waals surface area contributed by atoms with Gasteiger partial charge in [0.25, 0.3) is 0 Å². The molecule has 0 spiro atoms. The number of aromatic hydroxyl groups is 1. The average molecular weight is 361 g/mol. The van der Waals surface area contributed by atoms with Crippen LogP contribution < -0.4 is 10.2 Å². The van der Waals surface area contributed by atoms with Crippen LogP contribution in [0.4, 0.5) is 11.4 Å². The molecule has 138 valence electrons. The molecule has 0 aliphatic carbocycles. The molecular weight excluding hydrogens is 338 g/mol. The Morgan fingerprint density at radius 3 is 2.33 bits per heavy atom. The molecular formula is C22H23N3O2. The van der Waals surface area contributed by atoms with Gasteiger partial charge in [-0.05, 0) is 47.2 Å². The SMILES string of the molecule is O=C(CN1CCN(c2ccc(O)cc2)CC1)Nc1ccc2ccccc2c1. The van der Waals surface area contributed by atoms with E-state index in [2.05, 4.69) is 21.2 Å². The summed E-state index contributed by atoms with van der Waals surface area (Å²) in [7, 11) is 0. The van der Waals surface area contributed by atoms with Crippen molar-refractivity contribution in [3.05, 3.63) is 66.7 Å². The summed E-state index contributed by atoms with van der Waals surface area (Å²) in [5.74, 6) is 0.297. The van der Waals surface area contributed by atoms with Gasteiger partial charge >= 0.3 is 0 Å². The van der Waals surface area contributed by atoms with E-state index in [-0.39, 0.29) is 11.7 Å². The van der Waals surface area contributed by atoms with Crippen molar-refractivity contribution in [1.82, 2.24) is 4.90 Å². The Balaban J connectivity index is 1.30. The molecule has 0 atom stereocenters. The highest BCUT2D eigenvalue weighted by molar-refractivity contribution is 5.95. The number of nitrogens with zero attached hydrogens (tertiary/aromatic N) is 2. The van der Waals surface area contributed by atoms with Gasteiger partial charge in [0, 0.05) is 37.6 Å². The summed E-state index contributed by atoms with van der Waals surface area (Å²) in [6.07, 6.45) is 0. The van der Waals surface area contributed by atoms with Crippen LogP contribution >= 0.6 is 0 Å². The number of rotatable bonds is 4. The zero-order valence-corrected chi connectivity index (χ0v) is 15.1. The van der Waals surface area contributed by atoms with Crippen molar-refractivity contribution in [2.24, 2.45) is 0 Å². The lowest BCUT2D eigenvalue weighted by molar-refractivity contribution is -0.117. The number of carbonyl (C=O) groups excluding carboxylic acids is 1. The van der Waals surface area contributed by atoms with Crippen LogP contribution in [-0.2, 0) is 4.79 Å². The second-order valence-corrected chi connectivity index (χ2v) is 6.89. The molecule has 0 radical (unpaired) electrons. The highest BCUT2D eigenvalue weighted by Crippen LogP contribution is 2.20. The topological polar surface area (TPSA) is 55.8 Å². The molecule has 2 N–H and O–H groups in total. The summed E-state index contributed by atoms with van der Waals surface area (Å²) >= 11 is 0. The Labute approximate surface area is 158 Å². The predicted octanol–water partition coefficient (Wildman–Crippen LogP) is 3.31. The largest absolute Gasteiger partial charge is 0.508 e. The minimum absolute atomic E-state index is 0.0170. The van der Waals surface area contributed by atoms with E-state index in [1.54, 1.807) is 12.1 Å². The van der Waals surface area contributed by atoms with Gasteiger partial charge in [0.1, 0.15) is 5.75 Å². The Morgan fingerprint density at radius 2 is 1.59 bits per heavy atom. The molecule has 27 heavy (non-hydrogen) atoms. The van der Waals surface area contributed by atoms with Gasteiger partial charge < -0.3 is 15.3 Å². The van der Waals surface area contributed by atoms with Crippen LogP contribution in [-0.4, -0.2) is 48.6 Å². The number of nitrogens with one attached hydrogen (secondary N) is 1. The number of hydrogen-bond acceptors (Lipinski definition) is 4. The van der Waals surface area contributed by atoms with Crippen molar-refractivity contribution < 1.29 is 9.90 Å². The molecule has 1 fully saturated rings. The van der Waals surface area contributed by atoms with E-state index in [0.29, 0.717) is 6.54 Å². The van der Waals surface area contributed by atoms with E-state index >= 15 is 0 Å². The van der Waals surface area contributed by atoms with Crippen molar-refractivity contribution in [2.45, 2.75) is 0 Å². The monoisotopic (exact) mass is 361 g/mol. The number of amides is 1. The normalized spacial score (nSPS) is 15.0. The second kappa shape index (κ2) is 7.68. The molecule has 1 heterocycles. The number of benzene rings is 3. The van der Waals surface area contributed by atoms with Crippen molar-refractivity contribution in [2.75, 3.05) is 42.9 Å². The zero-order chi connectivity index (χ0) is 18.6. The fourth-order valence-electron chi connectivity index (χ4n) is 3.50. The molecule has 0 unspecified atom stereocenters. The predicted molar refractivity (Wildman–Crippen MR) is 109 cm³/mol. The van der Waals surface area contributed by atoms with Crippen LogP contribution in [0.25, 0.3) is 10.8 Å². The maximum absolute atomic E-state index is 12.4. The van der Waals surface area contributed by atoms with Gasteiger partial charge in [-0.15, -0.1) is 0 Å². The number of phenols is 1. The van der Waals surface area contributed by atoms with E-state index in [1.165, 1.54) is 5.39 Å². The lowest BCUT2D eigenvalue weighted by Gasteiger charge is -2.35. The first kappa shape index (κ1) is 17.4. The third-order valence-electron chi connectivity index (χ3n) is 4.99. The van der Waals surface area contributed by atoms with Gasteiger partial charge in [-0.1, -0.05) is 30.3 Å². The van der Waals surface area contributed by atoms with Gasteiger partial charge in [-0.3, -0.25) is 9.69 Å². The molecule has 1 aliphatic heterocycles. The van der Waals surface area contributed by atoms with E-state index in [0.717, 1.165) is 42.9 Å². The molecule has 3 aromatic carbocycles. The zero-order valence-electron chi connectivity index (χ0n) is 15.1. The van der Waals surface area contributed by atoms with Crippen molar-refractivity contribution in [3.8, 4) is 5.75 Å². The molecule has 1 saturated heterocycles. The van der Waals surface area contributed by atoms with E-state index in [4.69, 9.17) is 0 Å². The Kier molecular flexibility index (Phi) is 4.94. The first-order valence-corrected chi connectivity index (χ1v) is 9.22. The summed E-state index contributed by atoms with van der Waals surface area (Å²) in [5, 5.41) is 14.7. The minimum Gasteiger partial charge on any atom is -0.508 e. The van der Waals surface area contributed by atoms with Gasteiger partial charge in [-0.2, -0.15) is 0 Å². The maximum atomic E-state index is 12.4. The third kappa shape index (κ3) is 4.20. The van der Waals surface area contributed by atoms with Gasteiger partial charge in [0.2, 0.25) is 5.91 Å². The summed E-state index contributed by atoms with van der Waals surface area (Å²) in [4.78, 5) is 16.9. The molecule has 1 amide bonds. The average Bonchev–Trinajstić information content (AvgIpc) is 2.69. The first-order chi connectivity index (χ1) is 13.2. The molecule has 4 rings (SSSR count). The van der Waals surface area contributed by atoms with Crippen LogP contribution in [0, 0.1) is 0 Å². The molecule has 0 aromatic heterocycles. The summed E-state index contributed by atoms with van der Waals surface area (Å²) < 4.78 is 0. The number of fused-ring (bicyclic) bond motifs is 1. The molecule has 1 aliphatic rings. The first-order valence-electron chi connectivity index (χ1n) is 9.22. The number of anilines is 2. The van der Waals surface area contributed by atoms with Crippen LogP contribution in [0.3, 0.4) is 0 Å². The highest BCUT2D eigenvalue weighted by Gasteiger charge is 2.19. The Morgan fingerprint density at radius 1 is 0.889 bits per heavy atom. The fourth-order valence-corrected chi connectivity index (χ4v) is 3.50. The molecule has 5 heteroatoms. The van der Waals surface area contributed by atoms with Crippen LogP contribution in [0.5, 0.6) is 5.75 Å². The van der Waals surface area contributed by atoms with Crippen LogP contribution in [0.1, 0.15) is 0 Å².